The minimum Gasteiger partial charge on any atom is -0.452 e. The molecule has 1 aromatic heterocycles. The van der Waals surface area contributed by atoms with Gasteiger partial charge in [0.25, 0.3) is 0 Å². The highest BCUT2D eigenvalue weighted by Crippen LogP contribution is 2.35. The number of fused-ring (bicyclic) bond motifs is 1. The van der Waals surface area contributed by atoms with E-state index in [-0.39, 0.29) is 28.2 Å². The molecule has 0 saturated heterocycles. The molecule has 0 radical (unpaired) electrons. The van der Waals surface area contributed by atoms with Gasteiger partial charge in [-0.2, -0.15) is 0 Å². The molecule has 144 valence electrons. The lowest BCUT2D eigenvalue weighted by molar-refractivity contribution is 0.151. The Morgan fingerprint density at radius 1 is 0.862 bits per heavy atom. The van der Waals surface area contributed by atoms with Gasteiger partial charge in [-0.15, -0.1) is 0 Å². The van der Waals surface area contributed by atoms with E-state index < -0.39 is 11.6 Å². The van der Waals surface area contributed by atoms with E-state index in [1.54, 1.807) is 66.7 Å². The van der Waals surface area contributed by atoms with Gasteiger partial charge in [0.1, 0.15) is 11.3 Å². The lowest BCUT2D eigenvalue weighted by atomic mass is 10.1. The maximum absolute atomic E-state index is 13.1. The molecule has 0 amide bonds. The lowest BCUT2D eigenvalue weighted by Gasteiger charge is -2.11. The first-order valence-corrected chi connectivity index (χ1v) is 9.24. The van der Waals surface area contributed by atoms with Crippen molar-refractivity contribution in [1.29, 1.82) is 0 Å². The van der Waals surface area contributed by atoms with Crippen LogP contribution in [0.2, 0.25) is 10.0 Å². The first-order chi connectivity index (χ1) is 14.0. The Labute approximate surface area is 175 Å². The third-order valence-electron chi connectivity index (χ3n) is 4.06. The zero-order valence-electron chi connectivity index (χ0n) is 14.7. The third-order valence-corrected chi connectivity index (χ3v) is 4.62. The van der Waals surface area contributed by atoms with E-state index in [9.17, 15) is 9.59 Å². The Hall–Kier alpha value is -3.28. The first kappa shape index (κ1) is 19.1. The molecule has 0 aliphatic rings. The van der Waals surface area contributed by atoms with E-state index in [0.717, 1.165) is 0 Å². The largest absolute Gasteiger partial charge is 0.519 e. The summed E-state index contributed by atoms with van der Waals surface area (Å²) in [5, 5.41) is 0.828. The average molecular weight is 427 g/mol. The Morgan fingerprint density at radius 2 is 1.59 bits per heavy atom. The van der Waals surface area contributed by atoms with Crippen molar-refractivity contribution in [3.05, 3.63) is 93.1 Å². The fraction of sp³-hybridized carbons (Fsp3) is 0. The molecule has 4 rings (SSSR count). The summed E-state index contributed by atoms with van der Waals surface area (Å²) in [6.07, 6.45) is -1.09. The second-order valence-electron chi connectivity index (χ2n) is 5.98. The molecule has 7 heteroatoms. The van der Waals surface area contributed by atoms with Gasteiger partial charge in [-0.05, 0) is 42.5 Å². The van der Waals surface area contributed by atoms with Gasteiger partial charge in [0.15, 0.2) is 5.76 Å². The lowest BCUT2D eigenvalue weighted by Crippen LogP contribution is -2.19. The third kappa shape index (κ3) is 3.97. The van der Waals surface area contributed by atoms with Crippen molar-refractivity contribution in [1.82, 2.24) is 0 Å². The summed E-state index contributed by atoms with van der Waals surface area (Å²) in [5.41, 5.74) is 0.0948. The van der Waals surface area contributed by atoms with Crippen molar-refractivity contribution in [2.75, 3.05) is 0 Å². The monoisotopic (exact) mass is 426 g/mol. The second kappa shape index (κ2) is 7.99. The van der Waals surface area contributed by atoms with Crippen molar-refractivity contribution in [2.24, 2.45) is 0 Å². The molecule has 1 heterocycles. The van der Waals surface area contributed by atoms with E-state index >= 15 is 0 Å². The Morgan fingerprint density at radius 3 is 2.34 bits per heavy atom. The Kier molecular flexibility index (Phi) is 5.25. The van der Waals surface area contributed by atoms with Crippen LogP contribution in [0.3, 0.4) is 0 Å². The van der Waals surface area contributed by atoms with Gasteiger partial charge in [-0.1, -0.05) is 53.5 Å². The van der Waals surface area contributed by atoms with E-state index in [4.69, 9.17) is 37.1 Å². The van der Waals surface area contributed by atoms with Gasteiger partial charge < -0.3 is 13.9 Å². The van der Waals surface area contributed by atoms with Crippen molar-refractivity contribution >= 4 is 40.3 Å². The molecule has 0 bridgehead atoms. The Balaban J connectivity index is 1.85. The SMILES string of the molecule is O=C(Oc1ccccc1)Oc1c(-c2ccccc2Cl)oc2ccc(Cl)cc2c1=O. The molecule has 0 saturated carbocycles. The van der Waals surface area contributed by atoms with Crippen LogP contribution in [0.1, 0.15) is 0 Å². The highest BCUT2D eigenvalue weighted by molar-refractivity contribution is 6.33. The maximum atomic E-state index is 13.1. The van der Waals surface area contributed by atoms with Crippen LogP contribution in [-0.4, -0.2) is 6.16 Å². The summed E-state index contributed by atoms with van der Waals surface area (Å²) in [6, 6.07) is 19.7. The van der Waals surface area contributed by atoms with Gasteiger partial charge in [-0.25, -0.2) is 4.79 Å². The molecule has 29 heavy (non-hydrogen) atoms. The molecule has 3 aromatic carbocycles. The molecule has 0 unspecified atom stereocenters. The number of ether oxygens (including phenoxy) is 2. The smallest absolute Gasteiger partial charge is 0.452 e. The van der Waals surface area contributed by atoms with Crippen LogP contribution in [0.25, 0.3) is 22.3 Å². The first-order valence-electron chi connectivity index (χ1n) is 8.49. The highest BCUT2D eigenvalue weighted by Gasteiger charge is 2.23. The average Bonchev–Trinajstić information content (AvgIpc) is 2.72. The fourth-order valence-corrected chi connectivity index (χ4v) is 3.15. The minimum absolute atomic E-state index is 0.0143. The molecule has 0 spiro atoms. The van der Waals surface area contributed by atoms with Crippen molar-refractivity contribution in [3.8, 4) is 22.8 Å². The molecular weight excluding hydrogens is 415 g/mol. The van der Waals surface area contributed by atoms with E-state index in [2.05, 4.69) is 0 Å². The molecule has 0 aliphatic heterocycles. The van der Waals surface area contributed by atoms with Gasteiger partial charge in [-0.3, -0.25) is 4.79 Å². The number of para-hydroxylation sites is 1. The van der Waals surface area contributed by atoms with Crippen LogP contribution in [0.4, 0.5) is 4.79 Å². The number of halogens is 2. The van der Waals surface area contributed by atoms with Crippen LogP contribution in [-0.2, 0) is 0 Å². The van der Waals surface area contributed by atoms with Crippen LogP contribution in [0, 0.1) is 0 Å². The summed E-state index contributed by atoms with van der Waals surface area (Å²) in [5.74, 6) is -0.0563. The quantitative estimate of drug-likeness (QED) is 0.282. The van der Waals surface area contributed by atoms with Crippen LogP contribution < -0.4 is 14.9 Å². The normalized spacial score (nSPS) is 10.7. The van der Waals surface area contributed by atoms with Gasteiger partial charge in [0.2, 0.25) is 11.2 Å². The Bertz CT molecular complexity index is 1270. The zero-order valence-corrected chi connectivity index (χ0v) is 16.2. The molecule has 0 fully saturated rings. The van der Waals surface area contributed by atoms with E-state index in [1.807, 2.05) is 0 Å². The standard InChI is InChI=1S/C22H12Cl2O5/c23-13-10-11-18-16(12-13)19(25)21(20(28-18)15-8-4-5-9-17(15)24)29-22(26)27-14-6-2-1-3-7-14/h1-12H. The summed E-state index contributed by atoms with van der Waals surface area (Å²) in [6.45, 7) is 0. The van der Waals surface area contributed by atoms with Crippen molar-refractivity contribution < 1.29 is 18.7 Å². The number of benzene rings is 3. The molecule has 0 aliphatic carbocycles. The van der Waals surface area contributed by atoms with Gasteiger partial charge >= 0.3 is 6.16 Å². The topological polar surface area (TPSA) is 65.7 Å². The van der Waals surface area contributed by atoms with E-state index in [0.29, 0.717) is 15.6 Å². The molecule has 0 N–H and O–H groups in total. The summed E-state index contributed by atoms with van der Waals surface area (Å²) >= 11 is 12.3. The molecular formula is C22H12Cl2O5. The van der Waals surface area contributed by atoms with Crippen molar-refractivity contribution in [2.45, 2.75) is 0 Å². The summed E-state index contributed by atoms with van der Waals surface area (Å²) in [4.78, 5) is 25.4. The van der Waals surface area contributed by atoms with E-state index in [1.165, 1.54) is 6.07 Å². The fourth-order valence-electron chi connectivity index (χ4n) is 2.75. The predicted molar refractivity (Wildman–Crippen MR) is 111 cm³/mol. The number of hydrogen-bond acceptors (Lipinski definition) is 5. The number of rotatable bonds is 3. The zero-order chi connectivity index (χ0) is 20.4. The highest BCUT2D eigenvalue weighted by atomic mass is 35.5. The van der Waals surface area contributed by atoms with Crippen LogP contribution in [0.15, 0.2) is 82.0 Å². The summed E-state index contributed by atoms with van der Waals surface area (Å²) in [7, 11) is 0. The van der Waals surface area contributed by atoms with Crippen LogP contribution >= 0.6 is 23.2 Å². The van der Waals surface area contributed by atoms with Crippen molar-refractivity contribution in [3.63, 3.8) is 0 Å². The number of carbonyl (C=O) groups is 1. The second-order valence-corrected chi connectivity index (χ2v) is 6.82. The minimum atomic E-state index is -1.09. The van der Waals surface area contributed by atoms with Crippen LogP contribution in [0.5, 0.6) is 11.5 Å². The van der Waals surface area contributed by atoms with Gasteiger partial charge in [0.05, 0.1) is 10.4 Å². The molecule has 0 atom stereocenters. The molecule has 4 aromatic rings. The van der Waals surface area contributed by atoms with Gasteiger partial charge in [0, 0.05) is 10.6 Å². The molecule has 5 nitrogen and oxygen atoms in total. The number of hydrogen-bond donors (Lipinski definition) is 0. The predicted octanol–water partition coefficient (Wildman–Crippen LogP) is 6.34. The maximum Gasteiger partial charge on any atom is 0.519 e. The number of carbonyl (C=O) groups excluding carboxylic acids is 1. The summed E-state index contributed by atoms with van der Waals surface area (Å²) < 4.78 is 16.3.